The molecule has 3 rings (SSSR count). The molecule has 1 saturated heterocycles. The molecule has 29 heavy (non-hydrogen) atoms. The summed E-state index contributed by atoms with van der Waals surface area (Å²) in [5, 5.41) is 10.2. The second-order valence-electron chi connectivity index (χ2n) is 6.60. The third-order valence-corrected chi connectivity index (χ3v) is 4.29. The van der Waals surface area contributed by atoms with Crippen LogP contribution >= 0.6 is 0 Å². The van der Waals surface area contributed by atoms with E-state index < -0.39 is 41.6 Å². The van der Waals surface area contributed by atoms with Crippen molar-refractivity contribution in [3.63, 3.8) is 0 Å². The highest BCUT2D eigenvalue weighted by Crippen LogP contribution is 2.46. The minimum atomic E-state index is -5.19. The summed E-state index contributed by atoms with van der Waals surface area (Å²) in [5.41, 5.74) is -3.62. The molecule has 2 fully saturated rings. The van der Waals surface area contributed by atoms with E-state index in [4.69, 9.17) is 14.6 Å². The zero-order valence-corrected chi connectivity index (χ0v) is 14.2. The van der Waals surface area contributed by atoms with Crippen LogP contribution in [-0.2, 0) is 17.1 Å². The van der Waals surface area contributed by atoms with Gasteiger partial charge in [-0.2, -0.15) is 39.5 Å². The van der Waals surface area contributed by atoms with Crippen LogP contribution in [0.5, 0.6) is 5.88 Å². The maximum atomic E-state index is 12.8. The largest absolute Gasteiger partial charge is 0.490 e. The van der Waals surface area contributed by atoms with E-state index in [2.05, 4.69) is 10.3 Å². The number of carboxylic acids is 1. The molecule has 14 heteroatoms. The average molecular weight is 440 g/mol. The molecule has 2 heterocycles. The van der Waals surface area contributed by atoms with Gasteiger partial charge in [-0.05, 0) is 18.9 Å². The van der Waals surface area contributed by atoms with Gasteiger partial charge < -0.3 is 15.2 Å². The number of nitrogens with zero attached hydrogens (tertiary/aromatic N) is 1. The van der Waals surface area contributed by atoms with Gasteiger partial charge in [-0.15, -0.1) is 0 Å². The van der Waals surface area contributed by atoms with E-state index in [9.17, 15) is 39.5 Å². The molecule has 0 atom stereocenters. The molecule has 1 spiro atoms. The van der Waals surface area contributed by atoms with E-state index in [1.54, 1.807) is 0 Å². The molecule has 164 valence electrons. The van der Waals surface area contributed by atoms with Gasteiger partial charge in [-0.3, -0.25) is 0 Å². The van der Waals surface area contributed by atoms with Gasteiger partial charge in [0.25, 0.3) is 0 Å². The number of hydrogen-bond donors (Lipinski definition) is 2. The minimum absolute atomic E-state index is 0.142. The van der Waals surface area contributed by atoms with E-state index in [1.807, 2.05) is 0 Å². The Kier molecular flexibility index (Phi) is 5.99. The number of carbonyl (C=O) groups is 1. The summed E-state index contributed by atoms with van der Waals surface area (Å²) in [4.78, 5) is 11.9. The zero-order valence-electron chi connectivity index (χ0n) is 14.2. The number of hydrogen-bond acceptors (Lipinski definition) is 4. The molecule has 0 unspecified atom stereocenters. The van der Waals surface area contributed by atoms with Crippen LogP contribution in [-0.4, -0.2) is 41.4 Å². The highest BCUT2D eigenvalue weighted by atomic mass is 19.4. The lowest BCUT2D eigenvalue weighted by Crippen LogP contribution is -2.62. The molecule has 1 aliphatic heterocycles. The van der Waals surface area contributed by atoms with Crippen LogP contribution in [0.1, 0.15) is 24.1 Å². The van der Waals surface area contributed by atoms with Crippen molar-refractivity contribution >= 4 is 5.97 Å². The van der Waals surface area contributed by atoms with E-state index in [0.29, 0.717) is 18.9 Å². The standard InChI is InChI=1S/C13H12F6N2O.C2HF3O2/c14-12(15,16)8-1-2-9(21-10(8)13(17,18)19)22-7-3-11(4-7)5-20-6-11;3-2(4,5)1(6)7/h1-2,7,20H,3-6H2;(H,6,7). The van der Waals surface area contributed by atoms with Gasteiger partial charge in [0, 0.05) is 24.6 Å². The van der Waals surface area contributed by atoms with Crippen molar-refractivity contribution in [3.05, 3.63) is 23.4 Å². The highest BCUT2D eigenvalue weighted by molar-refractivity contribution is 5.73. The first-order chi connectivity index (χ1) is 13.0. The van der Waals surface area contributed by atoms with E-state index in [1.165, 1.54) is 0 Å². The van der Waals surface area contributed by atoms with Crippen LogP contribution in [0, 0.1) is 5.41 Å². The van der Waals surface area contributed by atoms with Gasteiger partial charge >= 0.3 is 24.5 Å². The third-order valence-electron chi connectivity index (χ3n) is 4.29. The maximum Gasteiger partial charge on any atom is 0.490 e. The normalized spacial score (nSPS) is 18.9. The fourth-order valence-corrected chi connectivity index (χ4v) is 2.88. The predicted molar refractivity (Wildman–Crippen MR) is 76.9 cm³/mol. The van der Waals surface area contributed by atoms with Crippen LogP contribution in [0.2, 0.25) is 0 Å². The molecular weight excluding hydrogens is 427 g/mol. The van der Waals surface area contributed by atoms with Crippen molar-refractivity contribution in [2.45, 2.75) is 37.5 Å². The third kappa shape index (κ3) is 5.64. The topological polar surface area (TPSA) is 71.5 Å². The average Bonchev–Trinajstić information content (AvgIpc) is 2.46. The predicted octanol–water partition coefficient (Wildman–Crippen LogP) is 3.88. The summed E-state index contributed by atoms with van der Waals surface area (Å²) in [7, 11) is 0. The first kappa shape index (κ1) is 23.0. The Morgan fingerprint density at radius 2 is 1.55 bits per heavy atom. The molecule has 1 aromatic heterocycles. The molecule has 0 bridgehead atoms. The number of halogens is 9. The summed E-state index contributed by atoms with van der Waals surface area (Å²) in [6, 6.07) is 1.20. The van der Waals surface area contributed by atoms with Crippen molar-refractivity contribution in [2.24, 2.45) is 5.41 Å². The maximum absolute atomic E-state index is 12.8. The van der Waals surface area contributed by atoms with Gasteiger partial charge in [0.15, 0.2) is 5.69 Å². The van der Waals surface area contributed by atoms with Gasteiger partial charge in [0.1, 0.15) is 6.10 Å². The monoisotopic (exact) mass is 440 g/mol. The summed E-state index contributed by atoms with van der Waals surface area (Å²) in [6.45, 7) is 1.67. The number of aliphatic carboxylic acids is 1. The summed E-state index contributed by atoms with van der Waals surface area (Å²) >= 11 is 0. The number of nitrogens with one attached hydrogen (secondary N) is 1. The van der Waals surface area contributed by atoms with Crippen molar-refractivity contribution in [1.29, 1.82) is 0 Å². The Morgan fingerprint density at radius 3 is 1.90 bits per heavy atom. The van der Waals surface area contributed by atoms with Crippen molar-refractivity contribution in [2.75, 3.05) is 13.1 Å². The molecular formula is C15H13F9N2O3. The molecule has 1 aliphatic carbocycles. The number of ether oxygens (including phenoxy) is 1. The molecule has 1 aromatic rings. The second kappa shape index (κ2) is 7.54. The Morgan fingerprint density at radius 1 is 1.03 bits per heavy atom. The fourth-order valence-electron chi connectivity index (χ4n) is 2.88. The summed E-state index contributed by atoms with van der Waals surface area (Å²) in [5.74, 6) is -3.18. The lowest BCUT2D eigenvalue weighted by atomic mass is 9.63. The fraction of sp³-hybridized carbons (Fsp3) is 0.600. The molecule has 2 N–H and O–H groups in total. The quantitative estimate of drug-likeness (QED) is 0.684. The Balaban J connectivity index is 0.000000370. The zero-order chi connectivity index (χ0) is 22.3. The lowest BCUT2D eigenvalue weighted by Gasteiger charge is -2.53. The van der Waals surface area contributed by atoms with Gasteiger partial charge in [0.05, 0.1) is 5.56 Å². The summed E-state index contributed by atoms with van der Waals surface area (Å²) < 4.78 is 113. The number of alkyl halides is 9. The van der Waals surface area contributed by atoms with Crippen LogP contribution in [0.25, 0.3) is 0 Å². The van der Waals surface area contributed by atoms with E-state index in [0.717, 1.165) is 19.2 Å². The van der Waals surface area contributed by atoms with Crippen molar-refractivity contribution < 1.29 is 54.2 Å². The first-order valence-corrected chi connectivity index (χ1v) is 7.86. The number of aromatic nitrogens is 1. The summed E-state index contributed by atoms with van der Waals surface area (Å²) in [6.07, 6.45) is -14.3. The van der Waals surface area contributed by atoms with Gasteiger partial charge in [0.2, 0.25) is 5.88 Å². The Bertz CT molecular complexity index is 747. The Hall–Kier alpha value is -2.25. The highest BCUT2D eigenvalue weighted by Gasteiger charge is 2.50. The minimum Gasteiger partial charge on any atom is -0.475 e. The van der Waals surface area contributed by atoms with Gasteiger partial charge in [-0.25, -0.2) is 9.78 Å². The number of rotatable bonds is 2. The molecule has 1 saturated carbocycles. The number of carboxylic acid groups (broad SMARTS) is 1. The van der Waals surface area contributed by atoms with E-state index in [-0.39, 0.29) is 11.5 Å². The van der Waals surface area contributed by atoms with Crippen molar-refractivity contribution in [1.82, 2.24) is 10.3 Å². The number of pyridine rings is 1. The first-order valence-electron chi connectivity index (χ1n) is 7.86. The van der Waals surface area contributed by atoms with Crippen LogP contribution in [0.4, 0.5) is 39.5 Å². The van der Waals surface area contributed by atoms with Crippen LogP contribution < -0.4 is 10.1 Å². The van der Waals surface area contributed by atoms with Crippen LogP contribution in [0.15, 0.2) is 12.1 Å². The van der Waals surface area contributed by atoms with Crippen molar-refractivity contribution in [3.8, 4) is 5.88 Å². The molecule has 2 aliphatic rings. The van der Waals surface area contributed by atoms with Crippen LogP contribution in [0.3, 0.4) is 0 Å². The Labute approximate surface area is 156 Å². The lowest BCUT2D eigenvalue weighted by molar-refractivity contribution is -0.192. The van der Waals surface area contributed by atoms with Gasteiger partial charge in [-0.1, -0.05) is 0 Å². The van der Waals surface area contributed by atoms with E-state index >= 15 is 0 Å². The molecule has 0 radical (unpaired) electrons. The molecule has 0 amide bonds. The molecule has 5 nitrogen and oxygen atoms in total. The second-order valence-corrected chi connectivity index (χ2v) is 6.60. The SMILES string of the molecule is FC(F)(F)c1ccc(OC2CC3(CNC3)C2)nc1C(F)(F)F.O=C(O)C(F)(F)F. The smallest absolute Gasteiger partial charge is 0.475 e. The molecule has 0 aromatic carbocycles.